The number of ketones is 1. The van der Waals surface area contributed by atoms with Crippen LogP contribution < -0.4 is 10.0 Å². The fourth-order valence-corrected chi connectivity index (χ4v) is 8.89. The third kappa shape index (κ3) is 8.27. The Balaban J connectivity index is 1.61. The van der Waals surface area contributed by atoms with E-state index in [2.05, 4.69) is 63.2 Å². The van der Waals surface area contributed by atoms with Crippen LogP contribution in [-0.2, 0) is 10.8 Å². The average Bonchev–Trinajstić information content (AvgIpc) is 3.51. The van der Waals surface area contributed by atoms with Crippen LogP contribution in [0.5, 0.6) is 0 Å². The number of Topliss-reactive ketones (excluding diaryl/α,β-unsaturated/α-hetero) is 1. The van der Waals surface area contributed by atoms with Gasteiger partial charge in [0.15, 0.2) is 11.5 Å². The summed E-state index contributed by atoms with van der Waals surface area (Å²) in [6.45, 7) is 15.8. The number of carbonyl (C=O) groups is 2. The number of carboxylic acids is 1. The maximum Gasteiger partial charge on any atom is 0.335 e. The molecule has 2 heterocycles. The molecule has 3 aliphatic rings. The molecule has 1 atom stereocenters. The molecule has 8 heteroatoms. The Hall–Kier alpha value is -4.95. The Kier molecular flexibility index (Phi) is 13.5. The van der Waals surface area contributed by atoms with Crippen LogP contribution in [0.3, 0.4) is 0 Å². The molecule has 5 rings (SSSR count). The molecule has 2 aromatic carbocycles. The molecule has 1 unspecified atom stereocenters. The summed E-state index contributed by atoms with van der Waals surface area (Å²) in [7, 11) is 0. The van der Waals surface area contributed by atoms with Crippen molar-refractivity contribution in [3.05, 3.63) is 93.4 Å². The standard InChI is InChI=1S/C48H60N4O4/c1-8-10-12-14-16-18-24-51-40-22-20-33(32(3)53)26-38(40)47(4,5)42(51)28-36-44(35(30-49)31-50)37(45(36)54)29-43-48(6,7)39-27-34(46(55)56)21-23-41(39)52(43)25-19-17-15-13-11-9-2/h20-23,26-29,35,44H,8-19,24-25H2,1-7H3,(H-,54,55,56). The van der Waals surface area contributed by atoms with Crippen molar-refractivity contribution in [1.82, 2.24) is 0 Å². The summed E-state index contributed by atoms with van der Waals surface area (Å²) in [5.41, 5.74) is 6.18. The molecule has 8 nitrogen and oxygen atoms in total. The van der Waals surface area contributed by atoms with Gasteiger partial charge in [0.05, 0.1) is 23.1 Å². The second kappa shape index (κ2) is 17.9. The highest BCUT2D eigenvalue weighted by atomic mass is 16.4. The molecule has 0 saturated heterocycles. The topological polar surface area (TPSA) is 131 Å². The number of rotatable bonds is 19. The number of unbranched alkanes of at least 4 members (excludes halogenated alkanes) is 10. The highest BCUT2D eigenvalue weighted by Crippen LogP contribution is 2.52. The lowest BCUT2D eigenvalue weighted by molar-refractivity contribution is -0.438. The highest BCUT2D eigenvalue weighted by Gasteiger charge is 2.48. The lowest BCUT2D eigenvalue weighted by atomic mass is 9.68. The van der Waals surface area contributed by atoms with Crippen molar-refractivity contribution >= 4 is 28.8 Å². The van der Waals surface area contributed by atoms with Crippen molar-refractivity contribution in [1.29, 1.82) is 10.5 Å². The van der Waals surface area contributed by atoms with Crippen molar-refractivity contribution in [2.24, 2.45) is 11.8 Å². The second-order valence-corrected chi connectivity index (χ2v) is 16.9. The van der Waals surface area contributed by atoms with Gasteiger partial charge in [-0.25, -0.2) is 4.79 Å². The van der Waals surface area contributed by atoms with Crippen LogP contribution >= 0.6 is 0 Å². The molecular formula is C48H60N4O4. The zero-order valence-electron chi connectivity index (χ0n) is 34.6. The molecule has 0 spiro atoms. The van der Waals surface area contributed by atoms with Crippen molar-refractivity contribution in [3.63, 3.8) is 0 Å². The number of nitriles is 2. The van der Waals surface area contributed by atoms with E-state index in [1.54, 1.807) is 19.1 Å². The third-order valence-electron chi connectivity index (χ3n) is 12.3. The summed E-state index contributed by atoms with van der Waals surface area (Å²) in [5, 5.41) is 45.0. The summed E-state index contributed by atoms with van der Waals surface area (Å²) < 4.78 is 2.22. The first kappa shape index (κ1) is 42.2. The van der Waals surface area contributed by atoms with E-state index in [0.717, 1.165) is 79.0 Å². The monoisotopic (exact) mass is 756 g/mol. The number of carboxylic acid groups (broad SMARTS) is 1. The number of carbonyl (C=O) groups excluding carboxylic acids is 1. The maximum atomic E-state index is 14.5. The molecule has 0 fully saturated rings. The van der Waals surface area contributed by atoms with Gasteiger partial charge in [-0.2, -0.15) is 15.1 Å². The van der Waals surface area contributed by atoms with Gasteiger partial charge in [0.1, 0.15) is 12.5 Å². The molecule has 2 aliphatic heterocycles. The van der Waals surface area contributed by atoms with Crippen LogP contribution in [0.15, 0.2) is 71.2 Å². The number of hydrogen-bond acceptors (Lipinski definition) is 6. The van der Waals surface area contributed by atoms with E-state index in [-0.39, 0.29) is 17.1 Å². The van der Waals surface area contributed by atoms with E-state index in [0.29, 0.717) is 23.3 Å². The van der Waals surface area contributed by atoms with Crippen molar-refractivity contribution in [2.75, 3.05) is 18.0 Å². The average molecular weight is 757 g/mol. The summed E-state index contributed by atoms with van der Waals surface area (Å²) in [6.07, 6.45) is 17.3. The fourth-order valence-electron chi connectivity index (χ4n) is 8.89. The maximum absolute atomic E-state index is 14.5. The van der Waals surface area contributed by atoms with Crippen molar-refractivity contribution in [2.45, 2.75) is 136 Å². The van der Waals surface area contributed by atoms with Crippen LogP contribution in [0.1, 0.15) is 157 Å². The van der Waals surface area contributed by atoms with E-state index in [9.17, 15) is 30.3 Å². The molecule has 0 amide bonds. The lowest BCUT2D eigenvalue weighted by Gasteiger charge is -2.41. The predicted molar refractivity (Wildman–Crippen MR) is 221 cm³/mol. The number of allylic oxidation sites excluding steroid dienone is 5. The summed E-state index contributed by atoms with van der Waals surface area (Å²) in [6, 6.07) is 15.5. The van der Waals surface area contributed by atoms with E-state index >= 15 is 0 Å². The van der Waals surface area contributed by atoms with Crippen LogP contribution in [0.4, 0.5) is 11.4 Å². The quantitative estimate of drug-likeness (QED) is 0.0857. The fraction of sp³-hybridized carbons (Fsp3) is 0.521. The summed E-state index contributed by atoms with van der Waals surface area (Å²) in [4.78, 5) is 26.8. The molecule has 0 aromatic heterocycles. The number of aromatic carboxylic acids is 1. The first-order valence-corrected chi connectivity index (χ1v) is 20.8. The molecule has 0 saturated carbocycles. The highest BCUT2D eigenvalue weighted by molar-refractivity contribution is 6.05. The third-order valence-corrected chi connectivity index (χ3v) is 12.3. The van der Waals surface area contributed by atoms with Crippen LogP contribution in [-0.4, -0.2) is 40.2 Å². The SMILES string of the molecule is CCCCCCCCN1/C(=C/C2=C([O-])C(=C\C3=[N+](CCCCCCCC)c4ccc(C(=O)O)cc4C3(C)C)/C2C(C#N)C#N)C(C)(C)c2cc(C(C)=O)ccc21. The molecule has 1 aliphatic carbocycles. The Morgan fingerprint density at radius 1 is 0.839 bits per heavy atom. The minimum Gasteiger partial charge on any atom is -0.872 e. The Labute approximate surface area is 334 Å². The Bertz CT molecular complexity index is 2040. The van der Waals surface area contributed by atoms with E-state index in [1.807, 2.05) is 36.4 Å². The molecule has 296 valence electrons. The minimum atomic E-state index is -1.08. The number of hydrogen-bond donors (Lipinski definition) is 1. The van der Waals surface area contributed by atoms with Gasteiger partial charge < -0.3 is 15.1 Å². The summed E-state index contributed by atoms with van der Waals surface area (Å²) in [5.74, 6) is -2.98. The summed E-state index contributed by atoms with van der Waals surface area (Å²) >= 11 is 0. The number of benzene rings is 2. The smallest absolute Gasteiger partial charge is 0.335 e. The normalized spacial score (nSPS) is 19.3. The lowest BCUT2D eigenvalue weighted by Crippen LogP contribution is -2.37. The second-order valence-electron chi connectivity index (χ2n) is 16.9. The van der Waals surface area contributed by atoms with Crippen molar-refractivity contribution in [3.8, 4) is 12.1 Å². The van der Waals surface area contributed by atoms with Gasteiger partial charge in [-0.1, -0.05) is 85.5 Å². The van der Waals surface area contributed by atoms with Crippen LogP contribution in [0.25, 0.3) is 0 Å². The van der Waals surface area contributed by atoms with Gasteiger partial charge in [-0.15, -0.1) is 5.76 Å². The minimum absolute atomic E-state index is 0.00742. The van der Waals surface area contributed by atoms with E-state index in [4.69, 9.17) is 0 Å². The zero-order valence-corrected chi connectivity index (χ0v) is 34.6. The molecular weight excluding hydrogens is 697 g/mol. The van der Waals surface area contributed by atoms with Gasteiger partial charge >= 0.3 is 5.97 Å². The molecule has 0 bridgehead atoms. The van der Waals surface area contributed by atoms with Gasteiger partial charge in [-0.3, -0.25) is 4.79 Å². The Morgan fingerprint density at radius 2 is 1.43 bits per heavy atom. The van der Waals surface area contributed by atoms with Gasteiger partial charge in [0, 0.05) is 59.0 Å². The number of nitrogens with zero attached hydrogens (tertiary/aromatic N) is 4. The van der Waals surface area contributed by atoms with Crippen molar-refractivity contribution < 1.29 is 24.4 Å². The number of anilines is 1. The van der Waals surface area contributed by atoms with Gasteiger partial charge in [-0.05, 0) is 86.7 Å². The van der Waals surface area contributed by atoms with E-state index < -0.39 is 28.6 Å². The van der Waals surface area contributed by atoms with E-state index in [1.165, 1.54) is 38.5 Å². The molecule has 1 N–H and O–H groups in total. The zero-order chi connectivity index (χ0) is 40.8. The molecule has 56 heavy (non-hydrogen) atoms. The first-order valence-electron chi connectivity index (χ1n) is 20.8. The van der Waals surface area contributed by atoms with Crippen LogP contribution in [0, 0.1) is 34.5 Å². The predicted octanol–water partition coefficient (Wildman–Crippen LogP) is 10.2. The first-order chi connectivity index (χ1) is 26.7. The van der Waals surface area contributed by atoms with Gasteiger partial charge in [0.25, 0.3) is 0 Å². The Morgan fingerprint density at radius 3 is 2.04 bits per heavy atom. The largest absolute Gasteiger partial charge is 0.872 e. The molecule has 2 aromatic rings. The van der Waals surface area contributed by atoms with Gasteiger partial charge in [0.2, 0.25) is 5.69 Å². The number of fused-ring (bicyclic) bond motifs is 2. The molecule has 0 radical (unpaired) electrons. The van der Waals surface area contributed by atoms with Crippen LogP contribution in [0.2, 0.25) is 0 Å².